The van der Waals surface area contributed by atoms with Gasteiger partial charge in [-0.3, -0.25) is 9.11 Å². The van der Waals surface area contributed by atoms with Gasteiger partial charge in [-0.2, -0.15) is 4.21 Å². The Morgan fingerprint density at radius 1 is 1.29 bits per heavy atom. The molecule has 7 heteroatoms. The highest BCUT2D eigenvalue weighted by molar-refractivity contribution is 7.81. The molecule has 0 bridgehead atoms. The monoisotopic (exact) mass is 131 g/mol. The molecule has 0 aliphatic carbocycles. The van der Waals surface area contributed by atoms with Crippen LogP contribution in [0, 0.1) is 4.78 Å². The quantitative estimate of drug-likeness (QED) is 0.320. The van der Waals surface area contributed by atoms with E-state index in [-0.39, 0.29) is 12.3 Å². The molecule has 0 amide bonds. The molecule has 0 unspecified atom stereocenters. The van der Waals surface area contributed by atoms with E-state index < -0.39 is 10.3 Å². The van der Waals surface area contributed by atoms with Crippen LogP contribution in [0.1, 0.15) is 0 Å². The van der Waals surface area contributed by atoms with Crippen molar-refractivity contribution in [2.45, 2.75) is 0 Å². The van der Waals surface area contributed by atoms with Crippen molar-refractivity contribution in [3.63, 3.8) is 0 Å². The Hall–Kier alpha value is -0.210. The van der Waals surface area contributed by atoms with E-state index in [0.717, 1.165) is 0 Å². The first kappa shape index (κ1) is 15.8. The standard InChI is InChI=1S/H3NO3S.2H3N/c1-5(2,3)4;;/h(H3,1,2,3,4);2*1H3. The van der Waals surface area contributed by atoms with Crippen LogP contribution in [0.5, 0.6) is 0 Å². The lowest BCUT2D eigenvalue weighted by atomic mass is 14.0. The van der Waals surface area contributed by atoms with Gasteiger partial charge in [0.25, 0.3) is 10.3 Å². The summed E-state index contributed by atoms with van der Waals surface area (Å²) >= 11 is 0. The third kappa shape index (κ3) is 1890. The zero-order valence-electron chi connectivity index (χ0n) is 3.63. The van der Waals surface area contributed by atoms with Gasteiger partial charge in [0.15, 0.2) is 0 Å². The molecular formula is H9N3O3S. The van der Waals surface area contributed by atoms with Crippen LogP contribution in [0.25, 0.3) is 0 Å². The van der Waals surface area contributed by atoms with Gasteiger partial charge in [-0.05, 0) is 0 Å². The second-order valence-corrected chi connectivity index (χ2v) is 1.49. The summed E-state index contributed by atoms with van der Waals surface area (Å²) in [5, 5.41) is 0. The summed E-state index contributed by atoms with van der Waals surface area (Å²) in [7, 11) is -4.17. The highest BCUT2D eigenvalue weighted by Crippen LogP contribution is 1.62. The summed E-state index contributed by atoms with van der Waals surface area (Å²) in [6.45, 7) is 0. The molecule has 0 aromatic rings. The minimum absolute atomic E-state index is 0. The third-order valence-corrected chi connectivity index (χ3v) is 0. The molecule has 6 nitrogen and oxygen atoms in total. The minimum Gasteiger partial charge on any atom is -0.344 e. The summed E-state index contributed by atoms with van der Waals surface area (Å²) in [5.74, 6) is 0. The topological polar surface area (TPSA) is 151 Å². The van der Waals surface area contributed by atoms with E-state index >= 15 is 0 Å². The Morgan fingerprint density at radius 2 is 1.29 bits per heavy atom. The van der Waals surface area contributed by atoms with Gasteiger partial charge in [-0.1, -0.05) is 0 Å². The molecule has 0 fully saturated rings. The van der Waals surface area contributed by atoms with Gasteiger partial charge < -0.3 is 12.3 Å². The molecule has 0 atom stereocenters. The van der Waals surface area contributed by atoms with Crippen LogP contribution in [0.15, 0.2) is 0 Å². The zero-order chi connectivity index (χ0) is 4.50. The van der Waals surface area contributed by atoms with E-state index in [1.165, 1.54) is 0 Å². The van der Waals surface area contributed by atoms with Gasteiger partial charge in [0, 0.05) is 0 Å². The van der Waals surface area contributed by atoms with Gasteiger partial charge in [-0.25, -0.2) is 4.78 Å². The summed E-state index contributed by atoms with van der Waals surface area (Å²) in [5.41, 5.74) is 0. The molecule has 0 rings (SSSR count). The van der Waals surface area contributed by atoms with Gasteiger partial charge in [0.05, 0.1) is 0 Å². The van der Waals surface area contributed by atoms with Crippen molar-refractivity contribution in [1.82, 2.24) is 12.3 Å². The Labute approximate surface area is 41.7 Å². The fraction of sp³-hybridized carbons (Fsp3) is 0. The maximum atomic E-state index is 8.97. The molecule has 0 radical (unpaired) electrons. The second-order valence-electron chi connectivity index (χ2n) is 0.497. The first-order valence-corrected chi connectivity index (χ1v) is 2.21. The molecular weight excluding hydrogens is 122 g/mol. The molecule has 0 saturated heterocycles. The molecule has 0 aromatic heterocycles. The Balaban J connectivity index is -0.0000000800. The van der Waals surface area contributed by atoms with Crippen LogP contribution < -0.4 is 12.3 Å². The lowest BCUT2D eigenvalue weighted by molar-refractivity contribution is 0.434. The summed E-state index contributed by atoms with van der Waals surface area (Å²) in [6.07, 6.45) is 0. The lowest BCUT2D eigenvalue weighted by Gasteiger charge is -1.74. The summed E-state index contributed by atoms with van der Waals surface area (Å²) < 4.78 is 29.1. The summed E-state index contributed by atoms with van der Waals surface area (Å²) in [4.78, 5) is 0. The Morgan fingerprint density at radius 3 is 1.29 bits per heavy atom. The molecule has 0 aliphatic rings. The van der Waals surface area contributed by atoms with Crippen LogP contribution in [0.3, 0.4) is 0 Å². The Kier molecular flexibility index (Phi) is 8.97. The van der Waals surface area contributed by atoms with Crippen LogP contribution in [0.2, 0.25) is 0 Å². The first-order chi connectivity index (χ1) is 2.00. The molecule has 0 saturated carbocycles. The predicted molar refractivity (Wildman–Crippen MR) is 26.2 cm³/mol. The number of rotatable bonds is 0. The van der Waals surface area contributed by atoms with Crippen molar-refractivity contribution in [3.05, 3.63) is 0 Å². The molecule has 0 spiro atoms. The van der Waals surface area contributed by atoms with Crippen LogP contribution in [0.4, 0.5) is 0 Å². The van der Waals surface area contributed by atoms with Gasteiger partial charge >= 0.3 is 0 Å². The fourth-order valence-electron chi connectivity index (χ4n) is 0. The molecule has 0 aromatic carbocycles. The second kappa shape index (κ2) is 3.96. The van der Waals surface area contributed by atoms with Gasteiger partial charge in [0.1, 0.15) is 0 Å². The average molecular weight is 131 g/mol. The van der Waals surface area contributed by atoms with E-state index in [2.05, 4.69) is 0 Å². The first-order valence-electron chi connectivity index (χ1n) is 0.736. The normalized spacial score (nSPS) is 8.29. The predicted octanol–water partition coefficient (Wildman–Crippen LogP) is 0.303. The fourth-order valence-corrected chi connectivity index (χ4v) is 0. The molecule has 7 heavy (non-hydrogen) atoms. The SMILES string of the molecule is N.N.N=S(=O)(O)O. The minimum atomic E-state index is -4.17. The lowest BCUT2D eigenvalue weighted by Crippen LogP contribution is -1.86. The van der Waals surface area contributed by atoms with Crippen molar-refractivity contribution in [3.8, 4) is 0 Å². The number of hydrogen-bond acceptors (Lipinski definition) is 4. The van der Waals surface area contributed by atoms with Crippen LogP contribution in [-0.2, 0) is 10.3 Å². The van der Waals surface area contributed by atoms with E-state index in [0.29, 0.717) is 0 Å². The smallest absolute Gasteiger partial charge is 0.284 e. The molecule has 48 valence electrons. The average Bonchev–Trinajstić information content (AvgIpc) is 0.722. The van der Waals surface area contributed by atoms with E-state index in [1.807, 2.05) is 0 Å². The highest BCUT2D eigenvalue weighted by Gasteiger charge is 1.77. The van der Waals surface area contributed by atoms with Crippen molar-refractivity contribution < 1.29 is 13.3 Å². The van der Waals surface area contributed by atoms with Gasteiger partial charge in [0.2, 0.25) is 0 Å². The van der Waals surface area contributed by atoms with Crippen molar-refractivity contribution >= 4 is 10.3 Å². The molecule has 0 aliphatic heterocycles. The van der Waals surface area contributed by atoms with Crippen molar-refractivity contribution in [1.29, 1.82) is 4.78 Å². The highest BCUT2D eigenvalue weighted by atomic mass is 32.2. The largest absolute Gasteiger partial charge is 0.344 e. The van der Waals surface area contributed by atoms with Crippen LogP contribution >= 0.6 is 0 Å². The number of hydrogen-bond donors (Lipinski definition) is 5. The molecule has 0 heterocycles. The number of nitrogens with one attached hydrogen (secondary N) is 1. The molecule has 9 N–H and O–H groups in total. The summed E-state index contributed by atoms with van der Waals surface area (Å²) in [6, 6.07) is 0. The third-order valence-electron chi connectivity index (χ3n) is 0. The Bertz CT molecular complexity index is 93.3. The van der Waals surface area contributed by atoms with Crippen molar-refractivity contribution in [2.24, 2.45) is 0 Å². The maximum absolute atomic E-state index is 8.97. The van der Waals surface area contributed by atoms with E-state index in [4.69, 9.17) is 18.1 Å². The van der Waals surface area contributed by atoms with E-state index in [1.54, 1.807) is 0 Å². The zero-order valence-corrected chi connectivity index (χ0v) is 4.44. The van der Waals surface area contributed by atoms with Crippen LogP contribution in [-0.4, -0.2) is 13.3 Å². The van der Waals surface area contributed by atoms with Crippen molar-refractivity contribution in [2.75, 3.05) is 0 Å². The maximum Gasteiger partial charge on any atom is 0.284 e. The van der Waals surface area contributed by atoms with Gasteiger partial charge in [-0.15, -0.1) is 0 Å². The van der Waals surface area contributed by atoms with E-state index in [9.17, 15) is 0 Å².